The molecule has 3 N–H and O–H groups in total. The van der Waals surface area contributed by atoms with Gasteiger partial charge in [0.05, 0.1) is 11.1 Å². The molecule has 0 aliphatic rings. The van der Waals surface area contributed by atoms with Crippen LogP contribution in [0.5, 0.6) is 11.5 Å². The van der Waals surface area contributed by atoms with Gasteiger partial charge in [-0.05, 0) is 64.2 Å². The van der Waals surface area contributed by atoms with Gasteiger partial charge in [-0.25, -0.2) is 0 Å². The van der Waals surface area contributed by atoms with E-state index in [9.17, 15) is 9.59 Å². The van der Waals surface area contributed by atoms with E-state index in [0.29, 0.717) is 28.1 Å². The summed E-state index contributed by atoms with van der Waals surface area (Å²) < 4.78 is 11.8. The first-order valence-electron chi connectivity index (χ1n) is 9.91. The number of amides is 2. The first-order chi connectivity index (χ1) is 15.5. The summed E-state index contributed by atoms with van der Waals surface area (Å²) in [6.45, 7) is 2.38. The maximum absolute atomic E-state index is 12.4. The highest BCUT2D eigenvalue weighted by Gasteiger charge is 2.12. The molecule has 9 heteroatoms. The Kier molecular flexibility index (Phi) is 8.41. The zero-order valence-electron chi connectivity index (χ0n) is 17.3. The third-order valence-corrected chi connectivity index (χ3v) is 5.13. The number of carbonyl (C=O) groups excluding carboxylic acids is 2. The minimum absolute atomic E-state index is 0.0454. The number of hydrazine groups is 1. The van der Waals surface area contributed by atoms with Crippen molar-refractivity contribution in [1.29, 1.82) is 0 Å². The molecule has 0 saturated heterocycles. The van der Waals surface area contributed by atoms with Gasteiger partial charge >= 0.3 is 0 Å². The molecule has 32 heavy (non-hydrogen) atoms. The fraction of sp³-hybridized carbons (Fsp3) is 0.174. The van der Waals surface area contributed by atoms with Gasteiger partial charge < -0.3 is 9.47 Å². The molecule has 0 atom stereocenters. The summed E-state index contributed by atoms with van der Waals surface area (Å²) in [7, 11) is 0. The number of halogens is 1. The molecule has 0 aliphatic heterocycles. The summed E-state index contributed by atoms with van der Waals surface area (Å²) >= 11 is 8.46. The lowest BCUT2D eigenvalue weighted by atomic mass is 10.1. The maximum atomic E-state index is 12.4. The summed E-state index contributed by atoms with van der Waals surface area (Å²) in [5, 5.41) is 4.39. The van der Waals surface area contributed by atoms with Crippen molar-refractivity contribution in [3.8, 4) is 11.5 Å². The van der Waals surface area contributed by atoms with Crippen LogP contribution in [-0.2, 0) is 4.79 Å². The van der Waals surface area contributed by atoms with Crippen molar-refractivity contribution >= 4 is 55.8 Å². The van der Waals surface area contributed by atoms with E-state index in [4.69, 9.17) is 21.7 Å². The molecule has 166 valence electrons. The van der Waals surface area contributed by atoms with Gasteiger partial charge in [-0.15, -0.1) is 0 Å². The van der Waals surface area contributed by atoms with Crippen molar-refractivity contribution in [3.63, 3.8) is 0 Å². The smallest absolute Gasteiger partial charge is 0.276 e. The Morgan fingerprint density at radius 1 is 0.969 bits per heavy atom. The lowest BCUT2D eigenvalue weighted by molar-refractivity contribution is -0.123. The summed E-state index contributed by atoms with van der Waals surface area (Å²) in [5.41, 5.74) is 5.28. The zero-order chi connectivity index (χ0) is 22.9. The number of ether oxygens (including phenoxy) is 2. The number of carbonyl (C=O) groups is 2. The second kappa shape index (κ2) is 11.4. The number of fused-ring (bicyclic) bond motifs is 1. The summed E-state index contributed by atoms with van der Waals surface area (Å²) in [6, 6.07) is 18.3. The van der Waals surface area contributed by atoms with Gasteiger partial charge in [0.25, 0.3) is 11.8 Å². The number of rotatable bonds is 7. The number of thiocarbonyl (C=S) groups is 1. The quantitative estimate of drug-likeness (QED) is 0.324. The van der Waals surface area contributed by atoms with Gasteiger partial charge in [-0.2, -0.15) is 0 Å². The van der Waals surface area contributed by atoms with Crippen LogP contribution >= 0.6 is 28.1 Å². The highest BCUT2D eigenvalue weighted by atomic mass is 79.9. The van der Waals surface area contributed by atoms with Gasteiger partial charge in [0.2, 0.25) is 0 Å². The minimum atomic E-state index is -0.449. The summed E-state index contributed by atoms with van der Waals surface area (Å²) in [4.78, 5) is 24.5. The highest BCUT2D eigenvalue weighted by Crippen LogP contribution is 2.26. The third kappa shape index (κ3) is 6.41. The van der Waals surface area contributed by atoms with Gasteiger partial charge in [-0.1, -0.05) is 43.3 Å². The lowest BCUT2D eigenvalue weighted by Gasteiger charge is -2.13. The number of hydrogen-bond acceptors (Lipinski definition) is 5. The fourth-order valence-electron chi connectivity index (χ4n) is 2.81. The van der Waals surface area contributed by atoms with Crippen molar-refractivity contribution in [1.82, 2.24) is 16.2 Å². The Morgan fingerprint density at radius 2 is 1.75 bits per heavy atom. The number of nitrogens with one attached hydrogen (secondary N) is 3. The standard InChI is InChI=1S/C23H22BrN3O4S/c1-2-12-30-20-11-10-16(13-18(20)24)22(29)25-23(32)27-26-21(28)14-31-19-9-5-7-15-6-3-4-8-17(15)19/h3-11,13H,2,12,14H2,1H3,(H,26,28)(H2,25,27,29,32). The molecule has 7 nitrogen and oxygen atoms in total. The normalized spacial score (nSPS) is 10.3. The minimum Gasteiger partial charge on any atom is -0.492 e. The van der Waals surface area contributed by atoms with Crippen molar-refractivity contribution < 1.29 is 19.1 Å². The van der Waals surface area contributed by atoms with Crippen LogP contribution in [0.1, 0.15) is 23.7 Å². The molecule has 0 radical (unpaired) electrons. The molecule has 0 aromatic heterocycles. The van der Waals surface area contributed by atoms with E-state index in [1.807, 2.05) is 43.3 Å². The summed E-state index contributed by atoms with van der Waals surface area (Å²) in [5.74, 6) is 0.384. The van der Waals surface area contributed by atoms with Crippen LogP contribution < -0.4 is 25.6 Å². The molecule has 0 spiro atoms. The topological polar surface area (TPSA) is 88.7 Å². The average Bonchev–Trinajstić information content (AvgIpc) is 2.80. The van der Waals surface area contributed by atoms with Crippen LogP contribution in [0.4, 0.5) is 0 Å². The molecule has 0 aliphatic carbocycles. The van der Waals surface area contributed by atoms with Gasteiger partial charge in [0, 0.05) is 10.9 Å². The Labute approximate surface area is 199 Å². The Morgan fingerprint density at radius 3 is 2.53 bits per heavy atom. The Bertz CT molecular complexity index is 1130. The second-order valence-electron chi connectivity index (χ2n) is 6.72. The number of hydrogen-bond donors (Lipinski definition) is 3. The van der Waals surface area contributed by atoms with Crippen molar-refractivity contribution in [2.24, 2.45) is 0 Å². The Balaban J connectivity index is 1.46. The third-order valence-electron chi connectivity index (χ3n) is 4.31. The molecular weight excluding hydrogens is 494 g/mol. The van der Waals surface area contributed by atoms with Crippen LogP contribution in [0.3, 0.4) is 0 Å². The van der Waals surface area contributed by atoms with Gasteiger partial charge in [0.1, 0.15) is 11.5 Å². The van der Waals surface area contributed by atoms with E-state index in [2.05, 4.69) is 32.1 Å². The zero-order valence-corrected chi connectivity index (χ0v) is 19.7. The first-order valence-corrected chi connectivity index (χ1v) is 11.1. The fourth-order valence-corrected chi connectivity index (χ4v) is 3.44. The lowest BCUT2D eigenvalue weighted by Crippen LogP contribution is -2.49. The first kappa shape index (κ1) is 23.5. The van der Waals surface area contributed by atoms with Crippen molar-refractivity contribution in [3.05, 3.63) is 70.7 Å². The molecule has 0 unspecified atom stereocenters. The monoisotopic (exact) mass is 515 g/mol. The second-order valence-corrected chi connectivity index (χ2v) is 7.98. The largest absolute Gasteiger partial charge is 0.492 e. The van der Waals surface area contributed by atoms with Crippen LogP contribution in [0.2, 0.25) is 0 Å². The molecule has 0 saturated carbocycles. The van der Waals surface area contributed by atoms with E-state index in [0.717, 1.165) is 17.2 Å². The molecule has 3 rings (SSSR count). The maximum Gasteiger partial charge on any atom is 0.276 e. The van der Waals surface area contributed by atoms with Crippen LogP contribution in [0.15, 0.2) is 65.1 Å². The van der Waals surface area contributed by atoms with E-state index < -0.39 is 11.8 Å². The van der Waals surface area contributed by atoms with Crippen molar-refractivity contribution in [2.45, 2.75) is 13.3 Å². The molecule has 2 amide bonds. The molecule has 0 bridgehead atoms. The SMILES string of the molecule is CCCOc1ccc(C(=O)NC(=S)NNC(=O)COc2cccc3ccccc23)cc1Br. The van der Waals surface area contributed by atoms with Gasteiger partial charge in [-0.3, -0.25) is 25.8 Å². The van der Waals surface area contributed by atoms with Crippen molar-refractivity contribution in [2.75, 3.05) is 13.2 Å². The van der Waals surface area contributed by atoms with E-state index in [1.165, 1.54) is 0 Å². The predicted octanol–water partition coefficient (Wildman–Crippen LogP) is 4.11. The number of benzene rings is 3. The molecule has 3 aromatic carbocycles. The van der Waals surface area contributed by atoms with Gasteiger partial charge in [0.15, 0.2) is 11.7 Å². The predicted molar refractivity (Wildman–Crippen MR) is 131 cm³/mol. The Hall–Kier alpha value is -3.17. The van der Waals surface area contributed by atoms with Crippen LogP contribution in [0.25, 0.3) is 10.8 Å². The average molecular weight is 516 g/mol. The summed E-state index contributed by atoms with van der Waals surface area (Å²) in [6.07, 6.45) is 0.882. The molecular formula is C23H22BrN3O4S. The molecule has 3 aromatic rings. The molecule has 0 fully saturated rings. The van der Waals surface area contributed by atoms with E-state index in [1.54, 1.807) is 24.3 Å². The van der Waals surface area contributed by atoms with E-state index in [-0.39, 0.29) is 11.7 Å². The van der Waals surface area contributed by atoms with Crippen LogP contribution in [0, 0.1) is 0 Å². The van der Waals surface area contributed by atoms with E-state index >= 15 is 0 Å². The van der Waals surface area contributed by atoms with Crippen LogP contribution in [-0.4, -0.2) is 30.1 Å². The molecule has 0 heterocycles. The highest BCUT2D eigenvalue weighted by molar-refractivity contribution is 9.10.